The van der Waals surface area contributed by atoms with Crippen LogP contribution in [0.1, 0.15) is 18.1 Å². The number of ether oxygens (including phenoxy) is 1. The maximum absolute atomic E-state index is 5.61. The van der Waals surface area contributed by atoms with Gasteiger partial charge in [0.05, 0.1) is 12.7 Å². The van der Waals surface area contributed by atoms with Crippen molar-refractivity contribution >= 4 is 5.82 Å². The molecule has 6 heteroatoms. The quantitative estimate of drug-likeness (QED) is 0.428. The van der Waals surface area contributed by atoms with Crippen molar-refractivity contribution in [2.24, 2.45) is 0 Å². The molecule has 2 aromatic heterocycles. The Morgan fingerprint density at radius 3 is 2.47 bits per heavy atom. The van der Waals surface area contributed by atoms with Crippen molar-refractivity contribution in [2.45, 2.75) is 20.4 Å². The summed E-state index contributed by atoms with van der Waals surface area (Å²) >= 11 is 0. The molecule has 2 heterocycles. The maximum atomic E-state index is 5.61. The number of pyridine rings is 1. The summed E-state index contributed by atoms with van der Waals surface area (Å²) in [6, 6.07) is 20.0. The molecule has 0 fully saturated rings. The van der Waals surface area contributed by atoms with Crippen molar-refractivity contribution in [2.75, 3.05) is 18.6 Å². The second-order valence-corrected chi connectivity index (χ2v) is 7.03. The van der Waals surface area contributed by atoms with Crippen LogP contribution in [0.3, 0.4) is 0 Å². The van der Waals surface area contributed by atoms with Gasteiger partial charge in [-0.05, 0) is 43.7 Å². The minimum Gasteiger partial charge on any atom is -0.497 e. The van der Waals surface area contributed by atoms with Gasteiger partial charge in [0, 0.05) is 24.8 Å². The molecule has 0 amide bonds. The van der Waals surface area contributed by atoms with E-state index >= 15 is 0 Å². The van der Waals surface area contributed by atoms with E-state index in [1.54, 1.807) is 13.3 Å². The Morgan fingerprint density at radius 1 is 1.00 bits per heavy atom. The summed E-state index contributed by atoms with van der Waals surface area (Å²) < 4.78 is 10.9. The van der Waals surface area contributed by atoms with Gasteiger partial charge in [-0.1, -0.05) is 47.1 Å². The van der Waals surface area contributed by atoms with Crippen molar-refractivity contribution in [1.29, 1.82) is 0 Å². The van der Waals surface area contributed by atoms with E-state index in [1.165, 1.54) is 11.1 Å². The van der Waals surface area contributed by atoms with E-state index in [2.05, 4.69) is 46.0 Å². The Balaban J connectivity index is 1.63. The Bertz CT molecular complexity index is 1100. The van der Waals surface area contributed by atoms with E-state index < -0.39 is 0 Å². The number of hydrogen-bond donors (Lipinski definition) is 0. The highest BCUT2D eigenvalue weighted by atomic mass is 16.5. The molecule has 0 radical (unpaired) electrons. The third-order valence-corrected chi connectivity index (χ3v) is 4.97. The SMILES string of the molecule is CCN(Cc1ccc(OC)cc1)c1ncccc1-c1nc(-c2ccc(C)cc2)no1. The van der Waals surface area contributed by atoms with Gasteiger partial charge in [-0.25, -0.2) is 4.98 Å². The monoisotopic (exact) mass is 400 g/mol. The van der Waals surface area contributed by atoms with E-state index in [4.69, 9.17) is 9.26 Å². The largest absolute Gasteiger partial charge is 0.497 e. The van der Waals surface area contributed by atoms with Gasteiger partial charge in [0.1, 0.15) is 11.6 Å². The molecule has 0 N–H and O–H groups in total. The summed E-state index contributed by atoms with van der Waals surface area (Å²) in [5.74, 6) is 2.68. The molecule has 4 aromatic rings. The lowest BCUT2D eigenvalue weighted by atomic mass is 10.1. The summed E-state index contributed by atoms with van der Waals surface area (Å²) in [5, 5.41) is 4.18. The highest BCUT2D eigenvalue weighted by Gasteiger charge is 2.18. The van der Waals surface area contributed by atoms with Crippen LogP contribution in [0.4, 0.5) is 5.82 Å². The Morgan fingerprint density at radius 2 is 1.77 bits per heavy atom. The fourth-order valence-corrected chi connectivity index (χ4v) is 3.26. The van der Waals surface area contributed by atoms with Crippen LogP contribution in [-0.4, -0.2) is 28.8 Å². The van der Waals surface area contributed by atoms with Crippen LogP contribution >= 0.6 is 0 Å². The zero-order valence-electron chi connectivity index (χ0n) is 17.4. The first-order chi connectivity index (χ1) is 14.7. The van der Waals surface area contributed by atoms with Crippen molar-refractivity contribution in [3.05, 3.63) is 78.0 Å². The molecule has 2 aromatic carbocycles. The smallest absolute Gasteiger partial charge is 0.261 e. The van der Waals surface area contributed by atoms with Crippen LogP contribution in [0, 0.1) is 6.92 Å². The molecule has 152 valence electrons. The Hall–Kier alpha value is -3.67. The predicted molar refractivity (Wildman–Crippen MR) is 117 cm³/mol. The molecule has 0 bridgehead atoms. The van der Waals surface area contributed by atoms with Gasteiger partial charge in [-0.15, -0.1) is 0 Å². The third-order valence-electron chi connectivity index (χ3n) is 4.97. The molecular formula is C24H24N4O2. The summed E-state index contributed by atoms with van der Waals surface area (Å²) in [7, 11) is 1.67. The van der Waals surface area contributed by atoms with E-state index in [-0.39, 0.29) is 0 Å². The number of anilines is 1. The summed E-state index contributed by atoms with van der Waals surface area (Å²) in [6.07, 6.45) is 1.78. The summed E-state index contributed by atoms with van der Waals surface area (Å²) in [6.45, 7) is 5.65. The molecule has 0 saturated heterocycles. The molecule has 0 unspecified atom stereocenters. The van der Waals surface area contributed by atoms with E-state index in [0.29, 0.717) is 18.3 Å². The molecule has 0 atom stereocenters. The van der Waals surface area contributed by atoms with Gasteiger partial charge in [-0.2, -0.15) is 4.98 Å². The van der Waals surface area contributed by atoms with Gasteiger partial charge in [0.25, 0.3) is 5.89 Å². The first kappa shape index (κ1) is 19.6. The number of nitrogens with zero attached hydrogens (tertiary/aromatic N) is 4. The average molecular weight is 400 g/mol. The van der Waals surface area contributed by atoms with Crippen LogP contribution in [0.2, 0.25) is 0 Å². The molecule has 4 rings (SSSR count). The van der Waals surface area contributed by atoms with E-state index in [1.807, 2.05) is 48.5 Å². The van der Waals surface area contributed by atoms with Crippen LogP contribution in [0.25, 0.3) is 22.8 Å². The molecular weight excluding hydrogens is 376 g/mol. The second-order valence-electron chi connectivity index (χ2n) is 7.03. The van der Waals surface area contributed by atoms with Crippen LogP contribution in [0.5, 0.6) is 5.75 Å². The number of methoxy groups -OCH3 is 1. The zero-order valence-corrected chi connectivity index (χ0v) is 17.4. The highest BCUT2D eigenvalue weighted by molar-refractivity contribution is 5.71. The highest BCUT2D eigenvalue weighted by Crippen LogP contribution is 2.30. The van der Waals surface area contributed by atoms with E-state index in [9.17, 15) is 0 Å². The number of aromatic nitrogens is 3. The number of rotatable bonds is 7. The normalized spacial score (nSPS) is 10.8. The summed E-state index contributed by atoms with van der Waals surface area (Å²) in [5.41, 5.74) is 4.10. The minimum atomic E-state index is 0.460. The molecule has 6 nitrogen and oxygen atoms in total. The third kappa shape index (κ3) is 4.17. The first-order valence-corrected chi connectivity index (χ1v) is 9.92. The summed E-state index contributed by atoms with van der Waals surface area (Å²) in [4.78, 5) is 11.4. The van der Waals surface area contributed by atoms with Crippen LogP contribution < -0.4 is 9.64 Å². The fraction of sp³-hybridized carbons (Fsp3) is 0.208. The van der Waals surface area contributed by atoms with Gasteiger partial charge in [-0.3, -0.25) is 0 Å². The molecule has 0 saturated carbocycles. The van der Waals surface area contributed by atoms with Crippen molar-refractivity contribution < 1.29 is 9.26 Å². The fourth-order valence-electron chi connectivity index (χ4n) is 3.26. The maximum Gasteiger partial charge on any atom is 0.261 e. The topological polar surface area (TPSA) is 64.3 Å². The number of aryl methyl sites for hydroxylation is 1. The zero-order chi connectivity index (χ0) is 20.9. The number of benzene rings is 2. The molecule has 0 aliphatic rings. The van der Waals surface area contributed by atoms with Crippen LogP contribution in [0.15, 0.2) is 71.4 Å². The van der Waals surface area contributed by atoms with Gasteiger partial charge in [0.15, 0.2) is 0 Å². The van der Waals surface area contributed by atoms with Gasteiger partial charge >= 0.3 is 0 Å². The van der Waals surface area contributed by atoms with Crippen molar-refractivity contribution in [3.8, 4) is 28.6 Å². The standard InChI is InChI=1S/C24H24N4O2/c1-4-28(16-18-9-13-20(29-3)14-10-18)23-21(6-5-15-25-23)24-26-22(27-30-24)19-11-7-17(2)8-12-19/h5-15H,4,16H2,1-3H3. The van der Waals surface area contributed by atoms with E-state index in [0.717, 1.165) is 29.2 Å². The Kier molecular flexibility index (Phi) is 5.75. The Labute approximate surface area is 176 Å². The lowest BCUT2D eigenvalue weighted by Crippen LogP contribution is -2.23. The van der Waals surface area contributed by atoms with Gasteiger partial charge in [0.2, 0.25) is 5.82 Å². The molecule has 0 aliphatic heterocycles. The lowest BCUT2D eigenvalue weighted by Gasteiger charge is -2.23. The van der Waals surface area contributed by atoms with Crippen molar-refractivity contribution in [3.63, 3.8) is 0 Å². The molecule has 0 aliphatic carbocycles. The van der Waals surface area contributed by atoms with Crippen molar-refractivity contribution in [1.82, 2.24) is 15.1 Å². The van der Waals surface area contributed by atoms with Gasteiger partial charge < -0.3 is 14.2 Å². The first-order valence-electron chi connectivity index (χ1n) is 9.92. The lowest BCUT2D eigenvalue weighted by molar-refractivity contribution is 0.414. The van der Waals surface area contributed by atoms with Crippen LogP contribution in [-0.2, 0) is 6.54 Å². The minimum absolute atomic E-state index is 0.460. The molecule has 0 spiro atoms. The average Bonchev–Trinajstić information content (AvgIpc) is 3.28. The predicted octanol–water partition coefficient (Wildman–Crippen LogP) is 5.14. The molecule has 30 heavy (non-hydrogen) atoms. The number of hydrogen-bond acceptors (Lipinski definition) is 6. The second kappa shape index (κ2) is 8.78.